The monoisotopic (exact) mass is 292 g/mol. The summed E-state index contributed by atoms with van der Waals surface area (Å²) in [6.45, 7) is 0. The number of fused-ring (bicyclic) bond motifs is 1. The van der Waals surface area contributed by atoms with Crippen LogP contribution in [0.5, 0.6) is 0 Å². The molecule has 0 bridgehead atoms. The Balaban J connectivity index is 1.94. The number of aromatic nitrogens is 2. The SMILES string of the molecule is NC(=O)c1ccnc(NC(=O)c2nccc3ccccc23)c1. The molecule has 1 aromatic carbocycles. The predicted molar refractivity (Wildman–Crippen MR) is 82.5 cm³/mol. The van der Waals surface area contributed by atoms with Crippen molar-refractivity contribution in [2.45, 2.75) is 0 Å². The molecule has 0 fully saturated rings. The Labute approximate surface area is 126 Å². The molecule has 3 aromatic rings. The van der Waals surface area contributed by atoms with Gasteiger partial charge in [-0.25, -0.2) is 4.98 Å². The summed E-state index contributed by atoms with van der Waals surface area (Å²) in [6.07, 6.45) is 2.98. The molecule has 0 radical (unpaired) electrons. The number of nitrogens with one attached hydrogen (secondary N) is 1. The maximum atomic E-state index is 12.4. The number of carbonyl (C=O) groups excluding carboxylic acids is 2. The van der Waals surface area contributed by atoms with Crippen molar-refractivity contribution in [3.05, 3.63) is 66.1 Å². The van der Waals surface area contributed by atoms with E-state index in [0.717, 1.165) is 10.8 Å². The van der Waals surface area contributed by atoms with Crippen LogP contribution in [0.3, 0.4) is 0 Å². The first-order valence-corrected chi connectivity index (χ1v) is 6.56. The Bertz CT molecular complexity index is 871. The van der Waals surface area contributed by atoms with Crippen LogP contribution in [0.15, 0.2) is 54.9 Å². The van der Waals surface area contributed by atoms with E-state index in [1.807, 2.05) is 30.3 Å². The van der Waals surface area contributed by atoms with Crippen LogP contribution >= 0.6 is 0 Å². The Morgan fingerprint density at radius 2 is 1.77 bits per heavy atom. The highest BCUT2D eigenvalue weighted by Crippen LogP contribution is 2.17. The smallest absolute Gasteiger partial charge is 0.276 e. The van der Waals surface area contributed by atoms with Gasteiger partial charge in [0, 0.05) is 23.3 Å². The molecule has 108 valence electrons. The van der Waals surface area contributed by atoms with Crippen molar-refractivity contribution >= 4 is 28.4 Å². The molecule has 0 atom stereocenters. The summed E-state index contributed by atoms with van der Waals surface area (Å²) >= 11 is 0. The first-order valence-electron chi connectivity index (χ1n) is 6.56. The van der Waals surface area contributed by atoms with E-state index in [9.17, 15) is 9.59 Å². The normalized spacial score (nSPS) is 10.4. The molecule has 0 saturated heterocycles. The zero-order valence-corrected chi connectivity index (χ0v) is 11.5. The minimum atomic E-state index is -0.582. The molecule has 3 rings (SSSR count). The van der Waals surface area contributed by atoms with Gasteiger partial charge in [0.15, 0.2) is 0 Å². The van der Waals surface area contributed by atoms with Gasteiger partial charge in [-0.3, -0.25) is 14.6 Å². The predicted octanol–water partition coefficient (Wildman–Crippen LogP) is 1.98. The lowest BCUT2D eigenvalue weighted by Gasteiger charge is -2.07. The molecule has 0 saturated carbocycles. The van der Waals surface area contributed by atoms with E-state index >= 15 is 0 Å². The first kappa shape index (κ1) is 13.7. The van der Waals surface area contributed by atoms with Crippen LogP contribution < -0.4 is 11.1 Å². The first-order chi connectivity index (χ1) is 10.6. The summed E-state index contributed by atoms with van der Waals surface area (Å²) in [6, 6.07) is 12.2. The zero-order chi connectivity index (χ0) is 15.5. The van der Waals surface area contributed by atoms with Gasteiger partial charge in [0.1, 0.15) is 11.5 Å². The molecule has 2 aromatic heterocycles. The van der Waals surface area contributed by atoms with Gasteiger partial charge in [0.25, 0.3) is 5.91 Å². The quantitative estimate of drug-likeness (QED) is 0.771. The van der Waals surface area contributed by atoms with Gasteiger partial charge in [-0.2, -0.15) is 0 Å². The number of anilines is 1. The van der Waals surface area contributed by atoms with Crippen molar-refractivity contribution < 1.29 is 9.59 Å². The van der Waals surface area contributed by atoms with Crippen molar-refractivity contribution in [3.8, 4) is 0 Å². The van der Waals surface area contributed by atoms with Crippen molar-refractivity contribution in [3.63, 3.8) is 0 Å². The largest absolute Gasteiger partial charge is 0.366 e. The fourth-order valence-corrected chi connectivity index (χ4v) is 2.13. The molecule has 0 aliphatic carbocycles. The third-order valence-corrected chi connectivity index (χ3v) is 3.17. The lowest BCUT2D eigenvalue weighted by Crippen LogP contribution is -2.16. The molecule has 6 heteroatoms. The number of benzene rings is 1. The molecule has 2 amide bonds. The zero-order valence-electron chi connectivity index (χ0n) is 11.5. The summed E-state index contributed by atoms with van der Waals surface area (Å²) < 4.78 is 0. The van der Waals surface area contributed by atoms with Gasteiger partial charge < -0.3 is 11.1 Å². The maximum Gasteiger partial charge on any atom is 0.276 e. The van der Waals surface area contributed by atoms with Crippen molar-refractivity contribution in [1.29, 1.82) is 0 Å². The van der Waals surface area contributed by atoms with Crippen LogP contribution in [0, 0.1) is 0 Å². The van der Waals surface area contributed by atoms with Gasteiger partial charge >= 0.3 is 0 Å². The fourth-order valence-electron chi connectivity index (χ4n) is 2.13. The van der Waals surface area contributed by atoms with E-state index < -0.39 is 11.8 Å². The molecule has 2 heterocycles. The second kappa shape index (κ2) is 5.61. The minimum absolute atomic E-state index is 0.246. The number of amides is 2. The molecule has 0 spiro atoms. The number of hydrogen-bond acceptors (Lipinski definition) is 4. The van der Waals surface area contributed by atoms with E-state index in [0.29, 0.717) is 5.69 Å². The van der Waals surface area contributed by atoms with Crippen LogP contribution in [-0.2, 0) is 0 Å². The molecule has 0 aliphatic heterocycles. The van der Waals surface area contributed by atoms with Gasteiger partial charge in [-0.05, 0) is 23.6 Å². The molecule has 0 aliphatic rings. The molecule has 22 heavy (non-hydrogen) atoms. The number of rotatable bonds is 3. The van der Waals surface area contributed by atoms with E-state index in [-0.39, 0.29) is 11.4 Å². The second-order valence-corrected chi connectivity index (χ2v) is 4.63. The minimum Gasteiger partial charge on any atom is -0.366 e. The maximum absolute atomic E-state index is 12.4. The number of nitrogens with zero attached hydrogens (tertiary/aromatic N) is 2. The highest BCUT2D eigenvalue weighted by molar-refractivity contribution is 6.11. The molecule has 0 unspecified atom stereocenters. The third-order valence-electron chi connectivity index (χ3n) is 3.17. The summed E-state index contributed by atoms with van der Waals surface area (Å²) in [5.41, 5.74) is 5.78. The van der Waals surface area contributed by atoms with Gasteiger partial charge in [0.2, 0.25) is 5.91 Å². The highest BCUT2D eigenvalue weighted by atomic mass is 16.2. The van der Waals surface area contributed by atoms with Crippen molar-refractivity contribution in [2.24, 2.45) is 5.73 Å². The standard InChI is InChI=1S/C16H12N4O2/c17-15(21)11-6-7-18-13(9-11)20-16(22)14-12-4-2-1-3-10(12)5-8-19-14/h1-9H,(H2,17,21)(H,18,20,22). The van der Waals surface area contributed by atoms with Crippen LogP contribution in [0.1, 0.15) is 20.8 Å². The Morgan fingerprint density at radius 3 is 2.59 bits per heavy atom. The van der Waals surface area contributed by atoms with E-state index in [2.05, 4.69) is 15.3 Å². The molecular formula is C16H12N4O2. The fraction of sp³-hybridized carbons (Fsp3) is 0. The lowest BCUT2D eigenvalue weighted by molar-refractivity contribution is 0.0995. The van der Waals surface area contributed by atoms with Crippen LogP contribution in [0.4, 0.5) is 5.82 Å². The van der Waals surface area contributed by atoms with Crippen LogP contribution in [0.25, 0.3) is 10.8 Å². The van der Waals surface area contributed by atoms with Crippen LogP contribution in [-0.4, -0.2) is 21.8 Å². The Morgan fingerprint density at radius 1 is 1.00 bits per heavy atom. The number of primary amides is 1. The number of carbonyl (C=O) groups is 2. The average Bonchev–Trinajstić information content (AvgIpc) is 2.54. The van der Waals surface area contributed by atoms with E-state index in [1.165, 1.54) is 18.3 Å². The molecule has 6 nitrogen and oxygen atoms in total. The lowest BCUT2D eigenvalue weighted by atomic mass is 10.1. The topological polar surface area (TPSA) is 98.0 Å². The van der Waals surface area contributed by atoms with Crippen LogP contribution in [0.2, 0.25) is 0 Å². The Kier molecular flexibility index (Phi) is 3.49. The Hall–Kier alpha value is -3.28. The number of nitrogens with two attached hydrogens (primary N) is 1. The molecule has 3 N–H and O–H groups in total. The van der Waals surface area contributed by atoms with Crippen molar-refractivity contribution in [2.75, 3.05) is 5.32 Å². The van der Waals surface area contributed by atoms with Gasteiger partial charge in [-0.15, -0.1) is 0 Å². The van der Waals surface area contributed by atoms with Gasteiger partial charge in [0.05, 0.1) is 0 Å². The second-order valence-electron chi connectivity index (χ2n) is 4.63. The summed E-state index contributed by atoms with van der Waals surface area (Å²) in [7, 11) is 0. The highest BCUT2D eigenvalue weighted by Gasteiger charge is 2.13. The average molecular weight is 292 g/mol. The van der Waals surface area contributed by atoms with Gasteiger partial charge in [-0.1, -0.05) is 24.3 Å². The third kappa shape index (κ3) is 2.62. The van der Waals surface area contributed by atoms with Crippen molar-refractivity contribution in [1.82, 2.24) is 9.97 Å². The number of pyridine rings is 2. The summed E-state index contributed by atoms with van der Waals surface area (Å²) in [4.78, 5) is 31.7. The molecular weight excluding hydrogens is 280 g/mol. The van der Waals surface area contributed by atoms with E-state index in [1.54, 1.807) is 6.20 Å². The summed E-state index contributed by atoms with van der Waals surface area (Å²) in [5.74, 6) is -0.733. The number of hydrogen-bond donors (Lipinski definition) is 2. The van der Waals surface area contributed by atoms with E-state index in [4.69, 9.17) is 5.73 Å². The summed E-state index contributed by atoms with van der Waals surface area (Å²) in [5, 5.41) is 4.29.